The summed E-state index contributed by atoms with van der Waals surface area (Å²) in [7, 11) is 0. The maximum atomic E-state index is 13.3. The van der Waals surface area contributed by atoms with Crippen LogP contribution in [0, 0.1) is 5.82 Å². The zero-order valence-corrected chi connectivity index (χ0v) is 18.6. The van der Waals surface area contributed by atoms with Gasteiger partial charge in [0.1, 0.15) is 10.8 Å². The lowest BCUT2D eigenvalue weighted by atomic mass is 10.1. The Morgan fingerprint density at radius 2 is 2.03 bits per heavy atom. The number of ether oxygens (including phenoxy) is 1. The molecule has 2 heterocycles. The van der Waals surface area contributed by atoms with Crippen molar-refractivity contribution in [3.05, 3.63) is 58.0 Å². The van der Waals surface area contributed by atoms with Crippen LogP contribution in [0.2, 0.25) is 0 Å². The summed E-state index contributed by atoms with van der Waals surface area (Å²) in [6.45, 7) is -0.553. The average molecular weight is 475 g/mol. The molecule has 3 N–H and O–H groups in total. The normalized spacial score (nSPS) is 12.4. The molecule has 11 heteroatoms. The van der Waals surface area contributed by atoms with Gasteiger partial charge in [0.15, 0.2) is 17.5 Å². The quantitative estimate of drug-likeness (QED) is 0.401. The molecule has 0 spiro atoms. The fraction of sp³-hybridized carbons (Fsp3) is 0.238. The summed E-state index contributed by atoms with van der Waals surface area (Å²) in [4.78, 5) is 42.2. The number of esters is 1. The van der Waals surface area contributed by atoms with Crippen LogP contribution in [0.1, 0.15) is 37.7 Å². The zero-order valence-electron chi connectivity index (χ0n) is 17.0. The number of fused-ring (bicyclic) bond motifs is 1. The number of carbonyl (C=O) groups is 3. The number of aromatic nitrogens is 2. The highest BCUT2D eigenvalue weighted by Gasteiger charge is 2.26. The van der Waals surface area contributed by atoms with Crippen LogP contribution in [0.4, 0.5) is 9.39 Å². The van der Waals surface area contributed by atoms with E-state index < -0.39 is 30.2 Å². The number of nitrogens with one attached hydrogen (secondary N) is 1. The molecule has 1 aliphatic carbocycles. The lowest BCUT2D eigenvalue weighted by molar-refractivity contribution is -0.119. The molecule has 0 atom stereocenters. The van der Waals surface area contributed by atoms with Crippen LogP contribution >= 0.6 is 23.1 Å². The topological polar surface area (TPSA) is 116 Å². The number of carbonyl (C=O) groups excluding carboxylic acids is 3. The van der Waals surface area contributed by atoms with Crippen molar-refractivity contribution in [3.8, 4) is 5.69 Å². The fourth-order valence-electron chi connectivity index (χ4n) is 3.58. The summed E-state index contributed by atoms with van der Waals surface area (Å²) in [6, 6.07) is 5.58. The van der Waals surface area contributed by atoms with Gasteiger partial charge in [0.25, 0.3) is 11.8 Å². The number of imidazole rings is 1. The number of nitrogens with zero attached hydrogens (tertiary/aromatic N) is 2. The summed E-state index contributed by atoms with van der Waals surface area (Å²) >= 11 is 2.63. The van der Waals surface area contributed by atoms with E-state index in [0.717, 1.165) is 29.7 Å². The largest absolute Gasteiger partial charge is 0.451 e. The lowest BCUT2D eigenvalue weighted by Gasteiger charge is -2.11. The molecule has 0 radical (unpaired) electrons. The van der Waals surface area contributed by atoms with Crippen molar-refractivity contribution in [2.24, 2.45) is 5.73 Å². The van der Waals surface area contributed by atoms with Crippen molar-refractivity contribution in [2.75, 3.05) is 18.2 Å². The molecular weight excluding hydrogens is 455 g/mol. The van der Waals surface area contributed by atoms with Gasteiger partial charge >= 0.3 is 5.97 Å². The first-order chi connectivity index (χ1) is 15.4. The van der Waals surface area contributed by atoms with Crippen LogP contribution < -0.4 is 11.1 Å². The molecular formula is C21H19FN4O4S2. The van der Waals surface area contributed by atoms with E-state index in [1.807, 2.05) is 0 Å². The fourth-order valence-corrected chi connectivity index (χ4v) is 5.44. The molecule has 0 aliphatic heterocycles. The second kappa shape index (κ2) is 9.13. The molecule has 0 saturated heterocycles. The molecule has 3 aromatic rings. The summed E-state index contributed by atoms with van der Waals surface area (Å²) in [6.07, 6.45) is 5.67. The van der Waals surface area contributed by atoms with E-state index in [9.17, 15) is 18.8 Å². The number of hydrogen-bond donors (Lipinski definition) is 2. The van der Waals surface area contributed by atoms with Gasteiger partial charge in [-0.2, -0.15) is 0 Å². The first-order valence-corrected chi connectivity index (χ1v) is 11.7. The van der Waals surface area contributed by atoms with E-state index in [0.29, 0.717) is 21.4 Å². The molecule has 0 unspecified atom stereocenters. The van der Waals surface area contributed by atoms with E-state index in [2.05, 4.69) is 10.3 Å². The van der Waals surface area contributed by atoms with E-state index in [4.69, 9.17) is 10.5 Å². The molecule has 0 saturated carbocycles. The monoisotopic (exact) mass is 474 g/mol. The van der Waals surface area contributed by atoms with Crippen LogP contribution in [0.25, 0.3) is 5.69 Å². The van der Waals surface area contributed by atoms with Crippen molar-refractivity contribution < 1.29 is 23.5 Å². The smallest absolute Gasteiger partial charge is 0.357 e. The molecule has 4 rings (SSSR count). The Balaban J connectivity index is 1.47. The van der Waals surface area contributed by atoms with Gasteiger partial charge in [0.05, 0.1) is 11.8 Å². The number of primary amides is 1. The second-order valence-corrected chi connectivity index (χ2v) is 8.87. The number of thiophene rings is 1. The Bertz CT molecular complexity index is 1200. The first-order valence-electron chi connectivity index (χ1n) is 9.68. The maximum Gasteiger partial charge on any atom is 0.357 e. The van der Waals surface area contributed by atoms with Crippen LogP contribution in [-0.2, 0) is 22.4 Å². The van der Waals surface area contributed by atoms with E-state index in [-0.39, 0.29) is 5.69 Å². The van der Waals surface area contributed by atoms with Gasteiger partial charge < -0.3 is 15.8 Å². The third-order valence-electron chi connectivity index (χ3n) is 4.96. The number of thioether (sulfide) groups is 1. The van der Waals surface area contributed by atoms with Crippen molar-refractivity contribution in [2.45, 2.75) is 24.4 Å². The summed E-state index contributed by atoms with van der Waals surface area (Å²) in [5.41, 5.74) is 7.35. The number of hydrogen-bond acceptors (Lipinski definition) is 7. The number of aryl methyl sites for hydroxylation is 1. The Labute approximate surface area is 191 Å². The molecule has 32 heavy (non-hydrogen) atoms. The van der Waals surface area contributed by atoms with Crippen LogP contribution in [0.3, 0.4) is 0 Å². The summed E-state index contributed by atoms with van der Waals surface area (Å²) in [5, 5.41) is 3.52. The maximum absolute atomic E-state index is 13.3. The van der Waals surface area contributed by atoms with Crippen LogP contribution in [-0.4, -0.2) is 40.2 Å². The zero-order chi connectivity index (χ0) is 22.8. The Morgan fingerprint density at radius 3 is 2.72 bits per heavy atom. The highest BCUT2D eigenvalue weighted by atomic mass is 32.2. The number of nitrogens with two attached hydrogens (primary N) is 1. The highest BCUT2D eigenvalue weighted by Crippen LogP contribution is 2.38. The molecule has 2 amide bonds. The van der Waals surface area contributed by atoms with Gasteiger partial charge in [-0.1, -0.05) is 11.8 Å². The number of amides is 2. The van der Waals surface area contributed by atoms with Crippen molar-refractivity contribution in [1.82, 2.24) is 9.55 Å². The Morgan fingerprint density at radius 1 is 1.28 bits per heavy atom. The Kier molecular flexibility index (Phi) is 6.28. The van der Waals surface area contributed by atoms with E-state index in [1.54, 1.807) is 6.26 Å². The Hall–Kier alpha value is -3.18. The van der Waals surface area contributed by atoms with Gasteiger partial charge in [0, 0.05) is 10.6 Å². The predicted molar refractivity (Wildman–Crippen MR) is 119 cm³/mol. The number of anilines is 1. The summed E-state index contributed by atoms with van der Waals surface area (Å²) < 4.78 is 20.0. The van der Waals surface area contributed by atoms with Gasteiger partial charge in [-0.05, 0) is 55.3 Å². The van der Waals surface area contributed by atoms with Crippen LogP contribution in [0.15, 0.2) is 35.6 Å². The van der Waals surface area contributed by atoms with E-state index >= 15 is 0 Å². The number of halogens is 1. The minimum Gasteiger partial charge on any atom is -0.451 e. The van der Waals surface area contributed by atoms with Gasteiger partial charge in [-0.15, -0.1) is 11.3 Å². The van der Waals surface area contributed by atoms with Gasteiger partial charge in [0.2, 0.25) is 0 Å². The molecule has 0 fully saturated rings. The summed E-state index contributed by atoms with van der Waals surface area (Å²) in [5.74, 6) is -2.35. The predicted octanol–water partition coefficient (Wildman–Crippen LogP) is 3.18. The molecule has 1 aliphatic rings. The molecule has 8 nitrogen and oxygen atoms in total. The third kappa shape index (κ3) is 4.26. The second-order valence-electron chi connectivity index (χ2n) is 6.99. The molecule has 0 bridgehead atoms. The standard InChI is InChI=1S/C21H19FN4O4S2/c1-31-21-24-9-14(26(21)12-7-5-11(22)6-8-12)20(29)30-10-16(27)25-19-17(18(23)28)13-3-2-4-15(13)32-19/h5-9H,2-4,10H2,1H3,(H2,23,28)(H,25,27). The van der Waals surface area contributed by atoms with Gasteiger partial charge in [-0.3, -0.25) is 14.2 Å². The number of benzene rings is 1. The molecule has 1 aromatic carbocycles. The first kappa shape index (κ1) is 22.0. The molecule has 166 valence electrons. The SMILES string of the molecule is CSc1ncc(C(=O)OCC(=O)Nc2sc3c(c2C(N)=O)CCC3)n1-c1ccc(F)cc1. The van der Waals surface area contributed by atoms with E-state index in [1.165, 1.54) is 58.1 Å². The number of rotatable bonds is 7. The van der Waals surface area contributed by atoms with Gasteiger partial charge in [-0.25, -0.2) is 14.2 Å². The third-order valence-corrected chi connectivity index (χ3v) is 6.82. The van der Waals surface area contributed by atoms with Crippen molar-refractivity contribution in [1.29, 1.82) is 0 Å². The average Bonchev–Trinajstić information content (AvgIpc) is 3.46. The minimum atomic E-state index is -0.763. The van der Waals surface area contributed by atoms with Crippen LogP contribution in [0.5, 0.6) is 0 Å². The van der Waals surface area contributed by atoms with Crippen molar-refractivity contribution in [3.63, 3.8) is 0 Å². The highest BCUT2D eigenvalue weighted by molar-refractivity contribution is 7.98. The molecule has 2 aromatic heterocycles. The minimum absolute atomic E-state index is 0.0988. The van der Waals surface area contributed by atoms with Crippen molar-refractivity contribution >= 4 is 45.9 Å². The lowest BCUT2D eigenvalue weighted by Crippen LogP contribution is -2.23.